The predicted molar refractivity (Wildman–Crippen MR) is 116 cm³/mol. The number of benzene rings is 1. The van der Waals surface area contributed by atoms with Crippen LogP contribution in [-0.2, 0) is 4.74 Å². The molecule has 32 heavy (non-hydrogen) atoms. The summed E-state index contributed by atoms with van der Waals surface area (Å²) in [7, 11) is 0. The Labute approximate surface area is 183 Å². The van der Waals surface area contributed by atoms with E-state index in [2.05, 4.69) is 25.4 Å². The summed E-state index contributed by atoms with van der Waals surface area (Å²) in [6, 6.07) is 5.44. The van der Waals surface area contributed by atoms with E-state index in [4.69, 9.17) is 4.74 Å². The number of hydrogen-bond acceptors (Lipinski definition) is 6. The average molecular weight is 443 g/mol. The van der Waals surface area contributed by atoms with Crippen LogP contribution in [0.25, 0.3) is 10.9 Å². The summed E-state index contributed by atoms with van der Waals surface area (Å²) in [6.45, 7) is 5.16. The van der Waals surface area contributed by atoms with Crippen LogP contribution in [-0.4, -0.2) is 40.5 Å². The minimum Gasteiger partial charge on any atom is -0.371 e. The third kappa shape index (κ3) is 3.74. The van der Waals surface area contributed by atoms with Crippen molar-refractivity contribution in [2.45, 2.75) is 51.4 Å². The van der Waals surface area contributed by atoms with Crippen LogP contribution < -0.4 is 10.2 Å². The maximum atomic E-state index is 14.7. The van der Waals surface area contributed by atoms with E-state index in [-0.39, 0.29) is 17.8 Å². The van der Waals surface area contributed by atoms with Gasteiger partial charge in [-0.3, -0.25) is 4.98 Å². The molecule has 0 radical (unpaired) electrons. The molecule has 9 heteroatoms. The second-order valence-corrected chi connectivity index (χ2v) is 8.50. The first kappa shape index (κ1) is 20.9. The van der Waals surface area contributed by atoms with Crippen LogP contribution in [0.4, 0.5) is 24.7 Å². The minimum absolute atomic E-state index is 0.146. The van der Waals surface area contributed by atoms with Crippen molar-refractivity contribution < 1.29 is 17.9 Å². The number of hydrogen-bond donors (Lipinski definition) is 1. The van der Waals surface area contributed by atoms with Crippen molar-refractivity contribution in [3.63, 3.8) is 0 Å². The van der Waals surface area contributed by atoms with Crippen molar-refractivity contribution in [1.29, 1.82) is 0 Å². The Morgan fingerprint density at radius 3 is 2.56 bits per heavy atom. The highest BCUT2D eigenvalue weighted by atomic mass is 19.3. The van der Waals surface area contributed by atoms with Gasteiger partial charge in [-0.15, -0.1) is 5.10 Å². The topological polar surface area (TPSA) is 63.2 Å². The molecular weight excluding hydrogens is 419 g/mol. The van der Waals surface area contributed by atoms with Gasteiger partial charge in [0.1, 0.15) is 5.82 Å². The van der Waals surface area contributed by atoms with Crippen molar-refractivity contribution in [1.82, 2.24) is 15.2 Å². The zero-order valence-electron chi connectivity index (χ0n) is 17.9. The van der Waals surface area contributed by atoms with Crippen LogP contribution in [0.3, 0.4) is 0 Å². The predicted octanol–water partition coefficient (Wildman–Crippen LogP) is 4.95. The summed E-state index contributed by atoms with van der Waals surface area (Å²) < 4.78 is 46.8. The smallest absolute Gasteiger partial charge is 0.266 e. The Bertz CT molecular complexity index is 1150. The normalized spacial score (nSPS) is 21.4. The lowest BCUT2D eigenvalue weighted by Gasteiger charge is -2.33. The molecule has 0 spiro atoms. The van der Waals surface area contributed by atoms with Crippen molar-refractivity contribution in [3.05, 3.63) is 53.1 Å². The minimum atomic E-state index is -2.88. The third-order valence-electron chi connectivity index (χ3n) is 6.29. The van der Waals surface area contributed by atoms with Crippen LogP contribution in [0.5, 0.6) is 0 Å². The quantitative estimate of drug-likeness (QED) is 0.602. The van der Waals surface area contributed by atoms with Gasteiger partial charge in [0.05, 0.1) is 46.9 Å². The molecule has 2 bridgehead atoms. The van der Waals surface area contributed by atoms with Gasteiger partial charge in [-0.1, -0.05) is 18.2 Å². The van der Waals surface area contributed by atoms with Gasteiger partial charge >= 0.3 is 0 Å². The molecule has 1 aromatic carbocycles. The molecule has 2 unspecified atom stereocenters. The van der Waals surface area contributed by atoms with Gasteiger partial charge < -0.3 is 15.0 Å². The zero-order chi connectivity index (χ0) is 22.4. The van der Waals surface area contributed by atoms with E-state index in [0.29, 0.717) is 17.0 Å². The van der Waals surface area contributed by atoms with Gasteiger partial charge in [-0.05, 0) is 32.8 Å². The maximum absolute atomic E-state index is 14.7. The van der Waals surface area contributed by atoms with E-state index in [1.54, 1.807) is 6.92 Å². The highest BCUT2D eigenvalue weighted by Crippen LogP contribution is 2.34. The lowest BCUT2D eigenvalue weighted by atomic mass is 10.0. The van der Waals surface area contributed by atoms with E-state index < -0.39 is 23.8 Å². The molecule has 5 rings (SSSR count). The van der Waals surface area contributed by atoms with Crippen LogP contribution in [0.15, 0.2) is 30.5 Å². The highest BCUT2D eigenvalue weighted by Gasteiger charge is 2.34. The number of aryl methyl sites for hydroxylation is 1. The van der Waals surface area contributed by atoms with Crippen molar-refractivity contribution in [3.8, 4) is 0 Å². The number of rotatable bonds is 5. The largest absolute Gasteiger partial charge is 0.371 e. The van der Waals surface area contributed by atoms with E-state index >= 15 is 0 Å². The Morgan fingerprint density at radius 1 is 1.12 bits per heavy atom. The number of halogens is 3. The van der Waals surface area contributed by atoms with E-state index in [1.807, 2.05) is 19.2 Å². The number of nitrogens with zero attached hydrogens (tertiary/aromatic N) is 4. The average Bonchev–Trinajstić information content (AvgIpc) is 3.12. The van der Waals surface area contributed by atoms with Gasteiger partial charge in [0.2, 0.25) is 0 Å². The van der Waals surface area contributed by atoms with Gasteiger partial charge in [0, 0.05) is 24.0 Å². The molecule has 2 aromatic heterocycles. The monoisotopic (exact) mass is 443 g/mol. The lowest BCUT2D eigenvalue weighted by molar-refractivity contribution is 0.0305. The number of pyridine rings is 1. The van der Waals surface area contributed by atoms with E-state index in [9.17, 15) is 13.2 Å². The Balaban J connectivity index is 1.49. The van der Waals surface area contributed by atoms with Crippen LogP contribution in [0.1, 0.15) is 49.1 Å². The Morgan fingerprint density at radius 2 is 1.84 bits per heavy atom. The second-order valence-electron chi connectivity index (χ2n) is 8.50. The molecule has 2 saturated heterocycles. The summed E-state index contributed by atoms with van der Waals surface area (Å²) in [5.74, 6) is -0.472. The number of ether oxygens (including phenoxy) is 1. The molecule has 4 heterocycles. The number of morpholine rings is 1. The molecule has 168 valence electrons. The van der Waals surface area contributed by atoms with Crippen molar-refractivity contribution >= 4 is 22.4 Å². The molecular formula is C23H24F3N5O. The molecule has 2 aliphatic heterocycles. The Kier molecular flexibility index (Phi) is 5.36. The maximum Gasteiger partial charge on any atom is 0.266 e. The molecule has 0 saturated carbocycles. The zero-order valence-corrected chi connectivity index (χ0v) is 17.9. The third-order valence-corrected chi connectivity index (χ3v) is 6.29. The van der Waals surface area contributed by atoms with Gasteiger partial charge in [-0.2, -0.15) is 5.10 Å². The molecule has 0 aliphatic carbocycles. The molecule has 6 nitrogen and oxygen atoms in total. The fraction of sp³-hybridized carbons (Fsp3) is 0.435. The first-order chi connectivity index (χ1) is 15.4. The fourth-order valence-electron chi connectivity index (χ4n) is 4.61. The SMILES string of the molecule is Cc1nnc(N[C@H](C)c2cccc(C(F)F)c2F)c2cc(N3CC4CCC(C3)O4)cnc12. The number of aromatic nitrogens is 3. The summed E-state index contributed by atoms with van der Waals surface area (Å²) >= 11 is 0. The van der Waals surface area contributed by atoms with Gasteiger partial charge in [0.15, 0.2) is 5.82 Å². The van der Waals surface area contributed by atoms with Crippen LogP contribution >= 0.6 is 0 Å². The summed E-state index contributed by atoms with van der Waals surface area (Å²) in [4.78, 5) is 6.89. The summed E-state index contributed by atoms with van der Waals surface area (Å²) in [5.41, 5.74) is 1.87. The number of nitrogens with one attached hydrogen (secondary N) is 1. The van der Waals surface area contributed by atoms with Gasteiger partial charge in [0.25, 0.3) is 6.43 Å². The molecule has 2 fully saturated rings. The lowest BCUT2D eigenvalue weighted by Crippen LogP contribution is -2.42. The molecule has 0 amide bonds. The van der Waals surface area contributed by atoms with Crippen LogP contribution in [0.2, 0.25) is 0 Å². The van der Waals surface area contributed by atoms with E-state index in [1.165, 1.54) is 12.1 Å². The van der Waals surface area contributed by atoms with Crippen molar-refractivity contribution in [2.24, 2.45) is 0 Å². The molecule has 2 aliphatic rings. The van der Waals surface area contributed by atoms with Crippen LogP contribution in [0, 0.1) is 12.7 Å². The number of fused-ring (bicyclic) bond motifs is 3. The number of alkyl halides is 2. The first-order valence-corrected chi connectivity index (χ1v) is 10.8. The molecule has 3 atom stereocenters. The Hall–Kier alpha value is -2.94. The summed E-state index contributed by atoms with van der Waals surface area (Å²) in [6.07, 6.45) is 1.58. The fourth-order valence-corrected chi connectivity index (χ4v) is 4.61. The summed E-state index contributed by atoms with van der Waals surface area (Å²) in [5, 5.41) is 12.4. The van der Waals surface area contributed by atoms with E-state index in [0.717, 1.165) is 43.1 Å². The molecule has 3 aromatic rings. The van der Waals surface area contributed by atoms with Crippen molar-refractivity contribution in [2.75, 3.05) is 23.3 Å². The van der Waals surface area contributed by atoms with Gasteiger partial charge in [-0.25, -0.2) is 13.2 Å². The second kappa shape index (κ2) is 8.20. The standard InChI is InChI=1S/C23H24F3N5O/c1-12(17-4-3-5-18(20(17)24)22(25)26)28-23-19-8-14(9-27-21(19)13(2)29-30-23)31-10-15-6-7-16(11-31)32-15/h3-5,8-9,12,15-16,22H,6-7,10-11H2,1-2H3,(H,28,30)/t12-,15?,16?/m1/s1. The number of anilines is 2. The highest BCUT2D eigenvalue weighted by molar-refractivity contribution is 5.92. The molecule has 1 N–H and O–H groups in total. The first-order valence-electron chi connectivity index (χ1n) is 10.8.